The van der Waals surface area contributed by atoms with Crippen LogP contribution in [-0.2, 0) is 0 Å². The maximum absolute atomic E-state index is 11.0. The number of Topliss-reactive ketones (excluding diaryl/α,β-unsaturated/α-hetero) is 1. The molecule has 0 fully saturated rings. The Balaban J connectivity index is 2.84. The van der Waals surface area contributed by atoms with Crippen molar-refractivity contribution < 1.29 is 9.53 Å². The first-order valence-corrected chi connectivity index (χ1v) is 3.65. The number of nitrogens with two attached hydrogens (primary N) is 1. The van der Waals surface area contributed by atoms with Crippen LogP contribution in [0.15, 0.2) is 24.3 Å². The quantitative estimate of drug-likeness (QED) is 0.675. The van der Waals surface area contributed by atoms with E-state index in [1.165, 1.54) is 0 Å². The molecular formula is C9H11NO2. The summed E-state index contributed by atoms with van der Waals surface area (Å²) in [5, 5.41) is 0. The Kier molecular flexibility index (Phi) is 2.82. The SMILES string of the molecule is COc1ccc(C(=O)CN)cc1. The second-order valence-electron chi connectivity index (χ2n) is 2.36. The van der Waals surface area contributed by atoms with E-state index in [1.807, 2.05) is 0 Å². The van der Waals surface area contributed by atoms with Crippen molar-refractivity contribution in [2.75, 3.05) is 13.7 Å². The molecule has 2 N–H and O–H groups in total. The van der Waals surface area contributed by atoms with E-state index in [0.29, 0.717) is 5.56 Å². The monoisotopic (exact) mass is 165 g/mol. The summed E-state index contributed by atoms with van der Waals surface area (Å²) in [6.45, 7) is 0.0479. The highest BCUT2D eigenvalue weighted by molar-refractivity contribution is 5.97. The summed E-state index contributed by atoms with van der Waals surface area (Å²) >= 11 is 0. The lowest BCUT2D eigenvalue weighted by Gasteiger charge is -2.00. The minimum Gasteiger partial charge on any atom is -0.497 e. The van der Waals surface area contributed by atoms with Crippen molar-refractivity contribution >= 4 is 5.78 Å². The molecule has 0 heterocycles. The van der Waals surface area contributed by atoms with Gasteiger partial charge in [-0.15, -0.1) is 0 Å². The van der Waals surface area contributed by atoms with Crippen molar-refractivity contribution in [1.29, 1.82) is 0 Å². The number of benzene rings is 1. The largest absolute Gasteiger partial charge is 0.497 e. The lowest BCUT2D eigenvalue weighted by Crippen LogP contribution is -2.13. The summed E-state index contributed by atoms with van der Waals surface area (Å²) in [5.74, 6) is 0.682. The Labute approximate surface area is 71.1 Å². The summed E-state index contributed by atoms with van der Waals surface area (Å²) in [6.07, 6.45) is 0. The van der Waals surface area contributed by atoms with Gasteiger partial charge in [0.05, 0.1) is 13.7 Å². The minimum absolute atomic E-state index is 0.0479. The van der Waals surface area contributed by atoms with E-state index >= 15 is 0 Å². The third-order valence-electron chi connectivity index (χ3n) is 1.60. The standard InChI is InChI=1S/C9H11NO2/c1-12-8-4-2-7(3-5-8)9(11)6-10/h2-5H,6,10H2,1H3. The molecule has 0 aromatic heterocycles. The normalized spacial score (nSPS) is 9.50. The van der Waals surface area contributed by atoms with Crippen LogP contribution in [0.4, 0.5) is 0 Å². The first-order valence-electron chi connectivity index (χ1n) is 3.65. The van der Waals surface area contributed by atoms with Gasteiger partial charge < -0.3 is 10.5 Å². The Bertz CT molecular complexity index is 266. The molecular weight excluding hydrogens is 154 g/mol. The number of methoxy groups -OCH3 is 1. The van der Waals surface area contributed by atoms with Crippen LogP contribution >= 0.6 is 0 Å². The van der Waals surface area contributed by atoms with Gasteiger partial charge in [-0.1, -0.05) is 0 Å². The zero-order valence-electron chi connectivity index (χ0n) is 6.91. The third kappa shape index (κ3) is 1.83. The third-order valence-corrected chi connectivity index (χ3v) is 1.60. The van der Waals surface area contributed by atoms with E-state index in [9.17, 15) is 4.79 Å². The number of hydrogen-bond acceptors (Lipinski definition) is 3. The van der Waals surface area contributed by atoms with Gasteiger partial charge in [0, 0.05) is 5.56 Å². The van der Waals surface area contributed by atoms with Crippen LogP contribution in [0.25, 0.3) is 0 Å². The summed E-state index contributed by atoms with van der Waals surface area (Å²) < 4.78 is 4.94. The second kappa shape index (κ2) is 3.88. The van der Waals surface area contributed by atoms with E-state index in [2.05, 4.69) is 0 Å². The van der Waals surface area contributed by atoms with Crippen molar-refractivity contribution in [2.45, 2.75) is 0 Å². The van der Waals surface area contributed by atoms with E-state index in [-0.39, 0.29) is 12.3 Å². The molecule has 0 saturated heterocycles. The maximum atomic E-state index is 11.0. The van der Waals surface area contributed by atoms with Crippen LogP contribution in [0.5, 0.6) is 5.75 Å². The van der Waals surface area contributed by atoms with E-state index in [1.54, 1.807) is 31.4 Å². The smallest absolute Gasteiger partial charge is 0.176 e. The molecule has 0 radical (unpaired) electrons. The zero-order chi connectivity index (χ0) is 8.97. The average molecular weight is 165 g/mol. The van der Waals surface area contributed by atoms with Crippen LogP contribution in [0.2, 0.25) is 0 Å². The fraction of sp³-hybridized carbons (Fsp3) is 0.222. The minimum atomic E-state index is -0.0577. The molecule has 0 bridgehead atoms. The van der Waals surface area contributed by atoms with Gasteiger partial charge in [0.1, 0.15) is 5.75 Å². The van der Waals surface area contributed by atoms with Gasteiger partial charge >= 0.3 is 0 Å². The van der Waals surface area contributed by atoms with Crippen molar-refractivity contribution in [1.82, 2.24) is 0 Å². The predicted molar refractivity (Wildman–Crippen MR) is 46.4 cm³/mol. The van der Waals surface area contributed by atoms with Gasteiger partial charge in [-0.05, 0) is 24.3 Å². The molecule has 12 heavy (non-hydrogen) atoms. The lowest BCUT2D eigenvalue weighted by atomic mass is 10.1. The summed E-state index contributed by atoms with van der Waals surface area (Å²) in [5.41, 5.74) is 5.82. The molecule has 0 aliphatic heterocycles. The van der Waals surface area contributed by atoms with Gasteiger partial charge in [0.15, 0.2) is 5.78 Å². The Hall–Kier alpha value is -1.35. The van der Waals surface area contributed by atoms with Crippen LogP contribution in [0, 0.1) is 0 Å². The van der Waals surface area contributed by atoms with Crippen molar-refractivity contribution in [2.24, 2.45) is 5.73 Å². The molecule has 0 unspecified atom stereocenters. The number of ether oxygens (including phenoxy) is 1. The van der Waals surface area contributed by atoms with Gasteiger partial charge in [-0.2, -0.15) is 0 Å². The average Bonchev–Trinajstić information content (AvgIpc) is 2.17. The second-order valence-corrected chi connectivity index (χ2v) is 2.36. The van der Waals surface area contributed by atoms with Crippen LogP contribution in [0.3, 0.4) is 0 Å². The number of carbonyl (C=O) groups is 1. The summed E-state index contributed by atoms with van der Waals surface area (Å²) in [6, 6.07) is 6.88. The van der Waals surface area contributed by atoms with Crippen LogP contribution in [0.1, 0.15) is 10.4 Å². The van der Waals surface area contributed by atoms with Gasteiger partial charge in [-0.3, -0.25) is 4.79 Å². The highest BCUT2D eigenvalue weighted by atomic mass is 16.5. The lowest BCUT2D eigenvalue weighted by molar-refractivity contribution is 0.100. The molecule has 0 aliphatic rings. The first-order chi connectivity index (χ1) is 5.77. The van der Waals surface area contributed by atoms with Crippen molar-refractivity contribution in [3.05, 3.63) is 29.8 Å². The van der Waals surface area contributed by atoms with Crippen molar-refractivity contribution in [3.63, 3.8) is 0 Å². The Morgan fingerprint density at radius 2 is 2.00 bits per heavy atom. The van der Waals surface area contributed by atoms with E-state index < -0.39 is 0 Å². The molecule has 64 valence electrons. The molecule has 0 spiro atoms. The number of rotatable bonds is 3. The molecule has 3 heteroatoms. The summed E-state index contributed by atoms with van der Waals surface area (Å²) in [7, 11) is 1.58. The number of hydrogen-bond donors (Lipinski definition) is 1. The van der Waals surface area contributed by atoms with Crippen LogP contribution in [-0.4, -0.2) is 19.4 Å². The maximum Gasteiger partial charge on any atom is 0.176 e. The molecule has 1 aromatic carbocycles. The first kappa shape index (κ1) is 8.74. The molecule has 0 amide bonds. The highest BCUT2D eigenvalue weighted by Crippen LogP contribution is 2.11. The van der Waals surface area contributed by atoms with Crippen LogP contribution < -0.4 is 10.5 Å². The highest BCUT2D eigenvalue weighted by Gasteiger charge is 2.01. The fourth-order valence-electron chi connectivity index (χ4n) is 0.895. The molecule has 0 atom stereocenters. The predicted octanol–water partition coefficient (Wildman–Crippen LogP) is 0.837. The summed E-state index contributed by atoms with van der Waals surface area (Å²) in [4.78, 5) is 11.0. The topological polar surface area (TPSA) is 52.3 Å². The number of ketones is 1. The molecule has 0 saturated carbocycles. The Morgan fingerprint density at radius 1 is 1.42 bits per heavy atom. The number of carbonyl (C=O) groups excluding carboxylic acids is 1. The molecule has 0 aliphatic carbocycles. The zero-order valence-corrected chi connectivity index (χ0v) is 6.91. The molecule has 3 nitrogen and oxygen atoms in total. The van der Waals surface area contributed by atoms with E-state index in [4.69, 9.17) is 10.5 Å². The van der Waals surface area contributed by atoms with Gasteiger partial charge in [0.2, 0.25) is 0 Å². The molecule has 1 aromatic rings. The van der Waals surface area contributed by atoms with Gasteiger partial charge in [0.25, 0.3) is 0 Å². The van der Waals surface area contributed by atoms with Gasteiger partial charge in [-0.25, -0.2) is 0 Å². The van der Waals surface area contributed by atoms with E-state index in [0.717, 1.165) is 5.75 Å². The molecule has 1 rings (SSSR count). The fourth-order valence-corrected chi connectivity index (χ4v) is 0.895. The Morgan fingerprint density at radius 3 is 2.42 bits per heavy atom. The van der Waals surface area contributed by atoms with Crippen molar-refractivity contribution in [3.8, 4) is 5.75 Å².